The summed E-state index contributed by atoms with van der Waals surface area (Å²) in [4.78, 5) is 27.1. The second-order valence-electron chi connectivity index (χ2n) is 8.52. The Morgan fingerprint density at radius 1 is 1.26 bits per heavy atom. The fourth-order valence-corrected chi connectivity index (χ4v) is 4.57. The number of para-hydroxylation sites is 1. The summed E-state index contributed by atoms with van der Waals surface area (Å²) >= 11 is 0. The molecule has 0 bridgehead atoms. The van der Waals surface area contributed by atoms with E-state index in [0.717, 1.165) is 56.5 Å². The molecule has 2 atom stereocenters. The Labute approximate surface area is 182 Å². The predicted octanol–water partition coefficient (Wildman–Crippen LogP) is 1.97. The fourth-order valence-electron chi connectivity index (χ4n) is 4.57. The lowest BCUT2D eigenvalue weighted by Gasteiger charge is -2.39. The summed E-state index contributed by atoms with van der Waals surface area (Å²) in [6, 6.07) is 9.88. The number of carbonyl (C=O) groups excluding carboxylic acids is 2. The Morgan fingerprint density at radius 2 is 2.13 bits per heavy atom. The van der Waals surface area contributed by atoms with Crippen molar-refractivity contribution < 1.29 is 14.3 Å². The molecule has 1 aromatic heterocycles. The number of amides is 2. The van der Waals surface area contributed by atoms with Crippen LogP contribution in [0, 0.1) is 5.92 Å². The highest BCUT2D eigenvalue weighted by molar-refractivity contribution is 5.91. The number of likely N-dealkylation sites (tertiary alicyclic amines) is 1. The second kappa shape index (κ2) is 9.96. The molecule has 0 saturated carbocycles. The first-order valence-electron chi connectivity index (χ1n) is 11.1. The molecule has 0 unspecified atom stereocenters. The summed E-state index contributed by atoms with van der Waals surface area (Å²) in [7, 11) is 1.82. The van der Waals surface area contributed by atoms with Crippen LogP contribution in [0.25, 0.3) is 0 Å². The zero-order valence-electron chi connectivity index (χ0n) is 18.0. The first kappa shape index (κ1) is 21.4. The molecule has 1 saturated heterocycles. The van der Waals surface area contributed by atoms with Crippen LogP contribution in [-0.4, -0.2) is 58.8 Å². The molecule has 0 radical (unpaired) electrons. The van der Waals surface area contributed by atoms with Crippen molar-refractivity contribution in [3.63, 3.8) is 0 Å². The summed E-state index contributed by atoms with van der Waals surface area (Å²) in [5.74, 6) is 1.57. The van der Waals surface area contributed by atoms with E-state index in [2.05, 4.69) is 26.7 Å². The molecule has 2 amide bonds. The molecule has 0 aliphatic carbocycles. The zero-order chi connectivity index (χ0) is 21.6. The number of anilines is 1. The van der Waals surface area contributed by atoms with E-state index in [1.165, 1.54) is 0 Å². The maximum Gasteiger partial charge on any atom is 0.258 e. The Morgan fingerprint density at radius 3 is 2.97 bits per heavy atom. The van der Waals surface area contributed by atoms with Gasteiger partial charge in [0.25, 0.3) is 5.91 Å². The SMILES string of the molecule is Cn1ccc(NC(=O)CN2CC[C@H]3NC(=O)COc4ccccc4CCCC[C@@H]3C2)n1. The molecule has 8 nitrogen and oxygen atoms in total. The number of carbonyl (C=O) groups is 2. The number of hydrogen-bond acceptors (Lipinski definition) is 5. The number of rotatable bonds is 3. The molecule has 1 fully saturated rings. The van der Waals surface area contributed by atoms with E-state index < -0.39 is 0 Å². The van der Waals surface area contributed by atoms with Gasteiger partial charge in [-0.2, -0.15) is 5.10 Å². The van der Waals surface area contributed by atoms with E-state index >= 15 is 0 Å². The van der Waals surface area contributed by atoms with Crippen molar-refractivity contribution in [1.29, 1.82) is 0 Å². The van der Waals surface area contributed by atoms with Gasteiger partial charge in [0.05, 0.1) is 6.54 Å². The summed E-state index contributed by atoms with van der Waals surface area (Å²) in [6.07, 6.45) is 6.79. The van der Waals surface area contributed by atoms with Gasteiger partial charge in [0, 0.05) is 38.4 Å². The minimum atomic E-state index is -0.0771. The lowest BCUT2D eigenvalue weighted by Crippen LogP contribution is -2.53. The molecule has 2 aliphatic heterocycles. The maximum atomic E-state index is 12.5. The van der Waals surface area contributed by atoms with Gasteiger partial charge in [0.2, 0.25) is 5.91 Å². The number of hydrogen-bond donors (Lipinski definition) is 2. The topological polar surface area (TPSA) is 88.5 Å². The number of nitrogens with zero attached hydrogens (tertiary/aromatic N) is 3. The van der Waals surface area contributed by atoms with Crippen LogP contribution in [-0.2, 0) is 23.1 Å². The van der Waals surface area contributed by atoms with Gasteiger partial charge in [0.15, 0.2) is 12.4 Å². The van der Waals surface area contributed by atoms with Crippen molar-refractivity contribution in [3.05, 3.63) is 42.1 Å². The highest BCUT2D eigenvalue weighted by Crippen LogP contribution is 2.26. The van der Waals surface area contributed by atoms with Gasteiger partial charge in [-0.15, -0.1) is 0 Å². The second-order valence-corrected chi connectivity index (χ2v) is 8.52. The molecule has 8 heteroatoms. The van der Waals surface area contributed by atoms with E-state index in [-0.39, 0.29) is 24.5 Å². The molecule has 2 aliphatic rings. The van der Waals surface area contributed by atoms with E-state index in [9.17, 15) is 9.59 Å². The molecule has 2 N–H and O–H groups in total. The number of fused-ring (bicyclic) bond motifs is 2. The van der Waals surface area contributed by atoms with Gasteiger partial charge in [-0.3, -0.25) is 19.2 Å². The summed E-state index contributed by atoms with van der Waals surface area (Å²) in [5, 5.41) is 10.2. The highest BCUT2D eigenvalue weighted by Gasteiger charge is 2.31. The number of nitrogens with one attached hydrogen (secondary N) is 2. The smallest absolute Gasteiger partial charge is 0.258 e. The highest BCUT2D eigenvalue weighted by atomic mass is 16.5. The number of aryl methyl sites for hydroxylation is 2. The van der Waals surface area contributed by atoms with Crippen LogP contribution in [0.3, 0.4) is 0 Å². The predicted molar refractivity (Wildman–Crippen MR) is 118 cm³/mol. The van der Waals surface area contributed by atoms with Crippen LogP contribution in [0.4, 0.5) is 5.82 Å². The number of aromatic nitrogens is 2. The quantitative estimate of drug-likeness (QED) is 0.785. The third-order valence-corrected chi connectivity index (χ3v) is 6.12. The third kappa shape index (κ3) is 5.85. The van der Waals surface area contributed by atoms with Crippen molar-refractivity contribution in [2.24, 2.45) is 13.0 Å². The van der Waals surface area contributed by atoms with Gasteiger partial charge in [-0.1, -0.05) is 24.6 Å². The fraction of sp³-hybridized carbons (Fsp3) is 0.522. The third-order valence-electron chi connectivity index (χ3n) is 6.12. The number of ether oxygens (including phenoxy) is 1. The van der Waals surface area contributed by atoms with Gasteiger partial charge in [-0.25, -0.2) is 0 Å². The Hall–Kier alpha value is -2.87. The van der Waals surface area contributed by atoms with Crippen LogP contribution in [0.1, 0.15) is 31.2 Å². The van der Waals surface area contributed by atoms with Gasteiger partial charge >= 0.3 is 0 Å². The van der Waals surface area contributed by atoms with Crippen molar-refractivity contribution in [2.75, 3.05) is 31.6 Å². The minimum absolute atomic E-state index is 0.0381. The van der Waals surface area contributed by atoms with E-state index in [1.54, 1.807) is 16.9 Å². The summed E-state index contributed by atoms with van der Waals surface area (Å²) in [6.45, 7) is 1.96. The maximum absolute atomic E-state index is 12.5. The van der Waals surface area contributed by atoms with Crippen molar-refractivity contribution in [2.45, 2.75) is 38.1 Å². The summed E-state index contributed by atoms with van der Waals surface area (Å²) in [5.41, 5.74) is 1.16. The normalized spacial score (nSPS) is 22.7. The van der Waals surface area contributed by atoms with Gasteiger partial charge in [0.1, 0.15) is 5.75 Å². The van der Waals surface area contributed by atoms with E-state index in [0.29, 0.717) is 18.3 Å². The largest absolute Gasteiger partial charge is 0.483 e. The van der Waals surface area contributed by atoms with Crippen LogP contribution in [0.2, 0.25) is 0 Å². The molecule has 3 heterocycles. The van der Waals surface area contributed by atoms with Gasteiger partial charge in [-0.05, 0) is 43.2 Å². The monoisotopic (exact) mass is 425 g/mol. The molecule has 31 heavy (non-hydrogen) atoms. The molecule has 166 valence electrons. The van der Waals surface area contributed by atoms with Crippen molar-refractivity contribution >= 4 is 17.6 Å². The number of benzene rings is 1. The first-order chi connectivity index (χ1) is 15.1. The summed E-state index contributed by atoms with van der Waals surface area (Å²) < 4.78 is 7.46. The Balaban J connectivity index is 1.35. The van der Waals surface area contributed by atoms with Crippen molar-refractivity contribution in [3.8, 4) is 5.75 Å². The van der Waals surface area contributed by atoms with Crippen LogP contribution < -0.4 is 15.4 Å². The van der Waals surface area contributed by atoms with Gasteiger partial charge < -0.3 is 15.4 Å². The molecule has 4 rings (SSSR count). The lowest BCUT2D eigenvalue weighted by molar-refractivity contribution is -0.125. The first-order valence-corrected chi connectivity index (χ1v) is 11.1. The lowest BCUT2D eigenvalue weighted by atomic mass is 9.87. The minimum Gasteiger partial charge on any atom is -0.483 e. The Kier molecular flexibility index (Phi) is 6.86. The zero-order valence-corrected chi connectivity index (χ0v) is 18.0. The molecule has 1 aromatic carbocycles. The van der Waals surface area contributed by atoms with E-state index in [1.807, 2.05) is 25.2 Å². The van der Waals surface area contributed by atoms with Crippen LogP contribution >= 0.6 is 0 Å². The average Bonchev–Trinajstić information content (AvgIpc) is 3.15. The average molecular weight is 426 g/mol. The Bertz CT molecular complexity index is 912. The van der Waals surface area contributed by atoms with Crippen molar-refractivity contribution in [1.82, 2.24) is 20.0 Å². The molecule has 2 aromatic rings. The molecular formula is C23H31N5O3. The van der Waals surface area contributed by atoms with Crippen LogP contribution in [0.15, 0.2) is 36.5 Å². The van der Waals surface area contributed by atoms with E-state index in [4.69, 9.17) is 4.74 Å². The number of piperidine rings is 1. The molecule has 0 spiro atoms. The molecular weight excluding hydrogens is 394 g/mol. The standard InChI is InChI=1S/C23H31N5O3/c1-27-12-11-21(26-27)25-22(29)15-28-13-10-19-18(14-28)8-3-2-6-17-7-4-5-9-20(17)31-16-23(30)24-19/h4-5,7,9,11-12,18-19H,2-3,6,8,10,13-16H2,1H3,(H,24,30)(H,25,26,29)/t18-,19-/m1/s1. The van der Waals surface area contributed by atoms with Crippen LogP contribution in [0.5, 0.6) is 5.75 Å².